The molecule has 0 bridgehead atoms. The zero-order valence-corrected chi connectivity index (χ0v) is 9.41. The minimum Gasteiger partial charge on any atom is -0.481 e. The fourth-order valence-corrected chi connectivity index (χ4v) is 1.94. The van der Waals surface area contributed by atoms with Gasteiger partial charge in [-0.05, 0) is 19.3 Å². The van der Waals surface area contributed by atoms with Gasteiger partial charge in [-0.3, -0.25) is 9.79 Å². The number of nitrogens with zero attached hydrogens (tertiary/aromatic N) is 2. The Morgan fingerprint density at radius 3 is 2.67 bits per heavy atom. The Kier molecular flexibility index (Phi) is 5.15. The van der Waals surface area contributed by atoms with E-state index in [0.717, 1.165) is 13.5 Å². The summed E-state index contributed by atoms with van der Waals surface area (Å²) in [5, 5.41) is 7.42. The van der Waals surface area contributed by atoms with Crippen molar-refractivity contribution in [2.75, 3.05) is 19.6 Å². The van der Waals surface area contributed by atoms with Crippen LogP contribution in [0, 0.1) is 0 Å². The summed E-state index contributed by atoms with van der Waals surface area (Å²) in [6.45, 7) is 4.68. The molecule has 2 aliphatic rings. The molecule has 2 heterocycles. The summed E-state index contributed by atoms with van der Waals surface area (Å²) in [5.41, 5.74) is 0. The second-order valence-corrected chi connectivity index (χ2v) is 3.97. The Balaban J connectivity index is 0.000000245. The Labute approximate surface area is 91.0 Å². The molecule has 0 radical (unpaired) electrons. The van der Waals surface area contributed by atoms with Crippen LogP contribution >= 0.6 is 0 Å². The smallest absolute Gasteiger partial charge is 0.300 e. The Hall–Kier alpha value is -1.06. The van der Waals surface area contributed by atoms with Gasteiger partial charge < -0.3 is 10.0 Å². The summed E-state index contributed by atoms with van der Waals surface area (Å²) < 4.78 is 0. The highest BCUT2D eigenvalue weighted by molar-refractivity contribution is 5.83. The summed E-state index contributed by atoms with van der Waals surface area (Å²) in [4.78, 5) is 16.0. The molecule has 0 aromatic rings. The third-order valence-electron chi connectivity index (χ3n) is 2.57. The molecule has 4 heteroatoms. The van der Waals surface area contributed by atoms with Crippen LogP contribution in [0.25, 0.3) is 0 Å². The summed E-state index contributed by atoms with van der Waals surface area (Å²) in [7, 11) is 0. The highest BCUT2D eigenvalue weighted by atomic mass is 16.4. The standard InChI is InChI=1S/C9H16N2.C2H4O2/c1-2-5-9-10-6-4-8-11(9)7-3-1;1-2(3)4/h1-8H2;1H3,(H,3,4). The van der Waals surface area contributed by atoms with Crippen LogP contribution in [0.4, 0.5) is 0 Å². The summed E-state index contributed by atoms with van der Waals surface area (Å²) >= 11 is 0. The van der Waals surface area contributed by atoms with Gasteiger partial charge in [-0.25, -0.2) is 0 Å². The van der Waals surface area contributed by atoms with Gasteiger partial charge in [0.15, 0.2) is 0 Å². The van der Waals surface area contributed by atoms with Crippen LogP contribution in [0.2, 0.25) is 0 Å². The average Bonchev–Trinajstić information content (AvgIpc) is 2.41. The minimum absolute atomic E-state index is 0.833. The lowest BCUT2D eigenvalue weighted by molar-refractivity contribution is -0.134. The topological polar surface area (TPSA) is 52.9 Å². The number of carboxylic acids is 1. The number of hydrogen-bond donors (Lipinski definition) is 1. The zero-order valence-electron chi connectivity index (χ0n) is 9.41. The second-order valence-electron chi connectivity index (χ2n) is 3.97. The van der Waals surface area contributed by atoms with Crippen molar-refractivity contribution in [3.8, 4) is 0 Å². The maximum absolute atomic E-state index is 9.00. The Morgan fingerprint density at radius 1 is 1.27 bits per heavy atom. The molecule has 0 aliphatic carbocycles. The molecule has 1 N–H and O–H groups in total. The Bertz CT molecular complexity index is 235. The van der Waals surface area contributed by atoms with E-state index in [1.807, 2.05) is 0 Å². The van der Waals surface area contributed by atoms with Gasteiger partial charge >= 0.3 is 0 Å². The second kappa shape index (κ2) is 6.43. The molecule has 0 aromatic carbocycles. The fraction of sp³-hybridized carbons (Fsp3) is 0.818. The minimum atomic E-state index is -0.833. The first-order valence-corrected chi connectivity index (χ1v) is 5.68. The van der Waals surface area contributed by atoms with Crippen LogP contribution in [0.5, 0.6) is 0 Å². The number of aliphatic carboxylic acids is 1. The van der Waals surface area contributed by atoms with E-state index >= 15 is 0 Å². The SMILES string of the molecule is C1CCC2=NCCCN2CC1.CC(=O)O. The van der Waals surface area contributed by atoms with E-state index in [0.29, 0.717) is 0 Å². The van der Waals surface area contributed by atoms with Gasteiger partial charge in [-0.15, -0.1) is 0 Å². The molecule has 15 heavy (non-hydrogen) atoms. The molecule has 0 spiro atoms. The molecule has 1 fully saturated rings. The number of amidine groups is 1. The molecule has 2 rings (SSSR count). The molecule has 2 aliphatic heterocycles. The first-order chi connectivity index (χ1) is 7.20. The fourth-order valence-electron chi connectivity index (χ4n) is 1.94. The molecule has 0 unspecified atom stereocenters. The maximum atomic E-state index is 9.00. The van der Waals surface area contributed by atoms with Crippen molar-refractivity contribution in [3.63, 3.8) is 0 Å². The normalized spacial score (nSPS) is 20.3. The van der Waals surface area contributed by atoms with Gasteiger partial charge in [0.05, 0.1) is 5.84 Å². The van der Waals surface area contributed by atoms with Crippen molar-refractivity contribution in [3.05, 3.63) is 0 Å². The van der Waals surface area contributed by atoms with Gasteiger partial charge in [0, 0.05) is 33.0 Å². The molecule has 1 saturated heterocycles. The van der Waals surface area contributed by atoms with Gasteiger partial charge in [0.25, 0.3) is 5.97 Å². The first kappa shape index (κ1) is 12.0. The third kappa shape index (κ3) is 4.81. The van der Waals surface area contributed by atoms with Crippen molar-refractivity contribution >= 4 is 11.8 Å². The molecule has 4 nitrogen and oxygen atoms in total. The molecule has 0 aromatic heterocycles. The zero-order chi connectivity index (χ0) is 11.1. The summed E-state index contributed by atoms with van der Waals surface area (Å²) in [6.07, 6.45) is 6.63. The lowest BCUT2D eigenvalue weighted by Crippen LogP contribution is -2.34. The molecule has 0 amide bonds. The van der Waals surface area contributed by atoms with Gasteiger partial charge in [-0.2, -0.15) is 0 Å². The molecule has 0 saturated carbocycles. The van der Waals surface area contributed by atoms with E-state index < -0.39 is 5.97 Å². The number of carbonyl (C=O) groups is 1. The predicted octanol–water partition coefficient (Wildman–Crippen LogP) is 1.76. The molecule has 0 atom stereocenters. The van der Waals surface area contributed by atoms with Crippen molar-refractivity contribution in [1.29, 1.82) is 0 Å². The highest BCUT2D eigenvalue weighted by Gasteiger charge is 2.16. The van der Waals surface area contributed by atoms with Crippen LogP contribution in [0.3, 0.4) is 0 Å². The van der Waals surface area contributed by atoms with E-state index in [2.05, 4.69) is 9.89 Å². The first-order valence-electron chi connectivity index (χ1n) is 5.68. The van der Waals surface area contributed by atoms with Crippen LogP contribution in [-0.2, 0) is 4.79 Å². The van der Waals surface area contributed by atoms with E-state index in [1.54, 1.807) is 0 Å². The Morgan fingerprint density at radius 2 is 1.93 bits per heavy atom. The molecule has 86 valence electrons. The number of fused-ring (bicyclic) bond motifs is 1. The monoisotopic (exact) mass is 212 g/mol. The number of carboxylic acid groups (broad SMARTS) is 1. The van der Waals surface area contributed by atoms with Gasteiger partial charge in [-0.1, -0.05) is 6.42 Å². The van der Waals surface area contributed by atoms with Crippen molar-refractivity contribution in [1.82, 2.24) is 4.90 Å². The molecular formula is C11H20N2O2. The van der Waals surface area contributed by atoms with Crippen molar-refractivity contribution in [2.24, 2.45) is 4.99 Å². The van der Waals surface area contributed by atoms with Crippen molar-refractivity contribution in [2.45, 2.75) is 39.0 Å². The van der Waals surface area contributed by atoms with Crippen LogP contribution < -0.4 is 0 Å². The summed E-state index contributed by atoms with van der Waals surface area (Å²) in [5.74, 6) is 0.564. The van der Waals surface area contributed by atoms with E-state index in [9.17, 15) is 0 Å². The lowest BCUT2D eigenvalue weighted by atomic mass is 10.2. The van der Waals surface area contributed by atoms with E-state index in [-0.39, 0.29) is 0 Å². The average molecular weight is 212 g/mol. The third-order valence-corrected chi connectivity index (χ3v) is 2.57. The van der Waals surface area contributed by atoms with Crippen LogP contribution in [-0.4, -0.2) is 41.4 Å². The highest BCUT2D eigenvalue weighted by Crippen LogP contribution is 2.15. The predicted molar refractivity (Wildman–Crippen MR) is 60.3 cm³/mol. The lowest BCUT2D eigenvalue weighted by Gasteiger charge is -2.27. The number of rotatable bonds is 0. The number of aliphatic imine (C=N–C) groups is 1. The quantitative estimate of drug-likeness (QED) is 0.665. The van der Waals surface area contributed by atoms with Gasteiger partial charge in [0.1, 0.15) is 0 Å². The van der Waals surface area contributed by atoms with Crippen LogP contribution in [0.15, 0.2) is 4.99 Å². The van der Waals surface area contributed by atoms with Crippen LogP contribution in [0.1, 0.15) is 39.0 Å². The maximum Gasteiger partial charge on any atom is 0.300 e. The van der Waals surface area contributed by atoms with E-state index in [4.69, 9.17) is 9.90 Å². The van der Waals surface area contributed by atoms with E-state index in [1.165, 1.54) is 51.0 Å². The van der Waals surface area contributed by atoms with Crippen molar-refractivity contribution < 1.29 is 9.90 Å². The number of hydrogen-bond acceptors (Lipinski definition) is 3. The summed E-state index contributed by atoms with van der Waals surface area (Å²) in [6, 6.07) is 0. The van der Waals surface area contributed by atoms with Gasteiger partial charge in [0.2, 0.25) is 0 Å². The largest absolute Gasteiger partial charge is 0.481 e. The molecular weight excluding hydrogens is 192 g/mol.